The van der Waals surface area contributed by atoms with E-state index in [2.05, 4.69) is 4.18 Å². The predicted molar refractivity (Wildman–Crippen MR) is 111 cm³/mol. The first kappa shape index (κ1) is 24.4. The van der Waals surface area contributed by atoms with Crippen molar-refractivity contribution in [2.24, 2.45) is 0 Å². The molecule has 0 N–H and O–H groups in total. The minimum atomic E-state index is -5.93. The quantitative estimate of drug-likeness (QED) is 0.346. The van der Waals surface area contributed by atoms with Gasteiger partial charge in [-0.1, -0.05) is 0 Å². The number of fused-ring (bicyclic) bond motifs is 3. The summed E-state index contributed by atoms with van der Waals surface area (Å²) in [7, 11) is -4.79. The molecule has 0 saturated heterocycles. The minimum Gasteiger partial charge on any atom is -0.493 e. The second-order valence-electron chi connectivity index (χ2n) is 7.34. The number of benzene rings is 1. The Hall–Kier alpha value is -3.22. The van der Waals surface area contributed by atoms with Crippen LogP contribution in [-0.4, -0.2) is 44.3 Å². The van der Waals surface area contributed by atoms with E-state index >= 15 is 0 Å². The van der Waals surface area contributed by atoms with Crippen molar-refractivity contribution in [2.45, 2.75) is 38.9 Å². The van der Waals surface area contributed by atoms with Crippen LogP contribution in [0.5, 0.6) is 11.5 Å². The summed E-state index contributed by atoms with van der Waals surface area (Å²) in [5.41, 5.74) is -5.31. The minimum absolute atomic E-state index is 0.0809. The summed E-state index contributed by atoms with van der Waals surface area (Å²) in [6.07, 6.45) is 1.34. The van der Waals surface area contributed by atoms with Crippen molar-refractivity contribution < 1.29 is 40.0 Å². The van der Waals surface area contributed by atoms with Gasteiger partial charge in [-0.05, 0) is 38.5 Å². The summed E-state index contributed by atoms with van der Waals surface area (Å²) in [5.74, 6) is -1.71. The third-order valence-electron chi connectivity index (χ3n) is 4.88. The molecule has 0 saturated carbocycles. The highest BCUT2D eigenvalue weighted by Gasteiger charge is 2.49. The Morgan fingerprint density at radius 1 is 1.18 bits per heavy atom. The van der Waals surface area contributed by atoms with Gasteiger partial charge in [0, 0.05) is 23.9 Å². The number of alkyl halides is 3. The highest BCUT2D eigenvalue weighted by Crippen LogP contribution is 2.40. The van der Waals surface area contributed by atoms with Crippen LogP contribution in [0.25, 0.3) is 11.3 Å². The molecule has 180 valence electrons. The summed E-state index contributed by atoms with van der Waals surface area (Å²) in [6, 6.07) is 3.43. The van der Waals surface area contributed by atoms with Gasteiger partial charge in [0.15, 0.2) is 16.9 Å². The number of hydrogen-bond donors (Lipinski definition) is 0. The molecule has 1 aliphatic rings. The highest BCUT2D eigenvalue weighted by atomic mass is 32.2. The maximum absolute atomic E-state index is 12.8. The van der Waals surface area contributed by atoms with Crippen molar-refractivity contribution >= 4 is 16.1 Å². The second-order valence-corrected chi connectivity index (χ2v) is 8.87. The standard InChI is InChI=1S/C20H21F3N2O7S/c1-5-31-19(27)14-10-25-15(8-16(14)26)13-7-17(30-4)18(32-33(28,29)20(21,22)23)6-12(13)9-24(25)11(2)3/h6-8,10-11H,5,9H2,1-4H3. The number of rotatable bonds is 6. The molecule has 0 radical (unpaired) electrons. The van der Waals surface area contributed by atoms with Crippen molar-refractivity contribution in [3.8, 4) is 22.8 Å². The summed E-state index contributed by atoms with van der Waals surface area (Å²) >= 11 is 0. The predicted octanol–water partition coefficient (Wildman–Crippen LogP) is 2.79. The number of nitrogens with zero attached hydrogens (tertiary/aromatic N) is 2. The van der Waals surface area contributed by atoms with Crippen LogP contribution in [0.4, 0.5) is 13.2 Å². The molecule has 3 rings (SSSR count). The van der Waals surface area contributed by atoms with Crippen LogP contribution in [0.3, 0.4) is 0 Å². The van der Waals surface area contributed by atoms with E-state index in [-0.39, 0.29) is 30.5 Å². The van der Waals surface area contributed by atoms with Crippen LogP contribution < -0.4 is 19.4 Å². The first-order valence-corrected chi connectivity index (χ1v) is 11.1. The Labute approximate surface area is 187 Å². The fraction of sp³-hybridized carbons (Fsp3) is 0.400. The van der Waals surface area contributed by atoms with Gasteiger partial charge in [-0.25, -0.2) is 4.79 Å². The molecule has 0 bridgehead atoms. The van der Waals surface area contributed by atoms with Gasteiger partial charge in [-0.2, -0.15) is 21.6 Å². The summed E-state index contributed by atoms with van der Waals surface area (Å²) in [4.78, 5) is 24.8. The molecule has 0 amide bonds. The Balaban J connectivity index is 2.21. The first-order chi connectivity index (χ1) is 15.3. The van der Waals surface area contributed by atoms with Crippen LogP contribution >= 0.6 is 0 Å². The third kappa shape index (κ3) is 4.49. The topological polar surface area (TPSA) is 104 Å². The van der Waals surface area contributed by atoms with E-state index in [0.717, 1.165) is 13.2 Å². The van der Waals surface area contributed by atoms with Crippen molar-refractivity contribution in [2.75, 3.05) is 18.7 Å². The van der Waals surface area contributed by atoms with Gasteiger partial charge in [-0.15, -0.1) is 0 Å². The Bertz CT molecular complexity index is 1250. The maximum Gasteiger partial charge on any atom is 0.534 e. The number of pyridine rings is 1. The summed E-state index contributed by atoms with van der Waals surface area (Å²) in [6.45, 7) is 5.45. The zero-order chi connectivity index (χ0) is 24.7. The number of ether oxygens (including phenoxy) is 2. The zero-order valence-corrected chi connectivity index (χ0v) is 18.9. The molecule has 2 aromatic rings. The lowest BCUT2D eigenvalue weighted by molar-refractivity contribution is -0.0500. The van der Waals surface area contributed by atoms with Gasteiger partial charge in [0.2, 0.25) is 0 Å². The fourth-order valence-electron chi connectivity index (χ4n) is 3.34. The maximum atomic E-state index is 12.8. The highest BCUT2D eigenvalue weighted by molar-refractivity contribution is 7.88. The van der Waals surface area contributed by atoms with E-state index in [1.165, 1.54) is 18.3 Å². The molecular formula is C20H21F3N2O7S. The number of esters is 1. The van der Waals surface area contributed by atoms with E-state index in [4.69, 9.17) is 9.47 Å². The molecule has 2 heterocycles. The average Bonchev–Trinajstić information content (AvgIpc) is 2.71. The zero-order valence-electron chi connectivity index (χ0n) is 18.1. The molecule has 9 nitrogen and oxygen atoms in total. The van der Waals surface area contributed by atoms with E-state index in [1.807, 2.05) is 13.8 Å². The number of carbonyl (C=O) groups excluding carboxylic acids is 1. The fourth-order valence-corrected chi connectivity index (χ4v) is 3.80. The number of carbonyl (C=O) groups is 1. The molecule has 1 aliphatic heterocycles. The number of halogens is 3. The molecule has 0 aliphatic carbocycles. The van der Waals surface area contributed by atoms with Crippen molar-refractivity contribution in [3.63, 3.8) is 0 Å². The van der Waals surface area contributed by atoms with Crippen molar-refractivity contribution in [3.05, 3.63) is 45.7 Å². The molecule has 1 aromatic carbocycles. The summed E-state index contributed by atoms with van der Waals surface area (Å²) in [5, 5.41) is 1.73. The molecule has 0 fully saturated rings. The van der Waals surface area contributed by atoms with Gasteiger partial charge < -0.3 is 18.7 Å². The summed E-state index contributed by atoms with van der Waals surface area (Å²) < 4.78 is 77.4. The van der Waals surface area contributed by atoms with Crippen LogP contribution in [0.1, 0.15) is 36.7 Å². The van der Waals surface area contributed by atoms with Crippen molar-refractivity contribution in [1.29, 1.82) is 0 Å². The van der Waals surface area contributed by atoms with E-state index in [1.54, 1.807) is 16.6 Å². The van der Waals surface area contributed by atoms with E-state index in [9.17, 15) is 31.2 Å². The SMILES string of the molecule is CCOC(=O)c1cn2c(cc1=O)-c1cc(OC)c(OS(=O)(=O)C(F)(F)F)cc1CN2C(C)C. The molecule has 33 heavy (non-hydrogen) atoms. The first-order valence-electron chi connectivity index (χ1n) is 9.73. The van der Waals surface area contributed by atoms with Gasteiger partial charge in [0.25, 0.3) is 0 Å². The Morgan fingerprint density at radius 2 is 1.85 bits per heavy atom. The Morgan fingerprint density at radius 3 is 2.39 bits per heavy atom. The number of methoxy groups -OCH3 is 1. The lowest BCUT2D eigenvalue weighted by Gasteiger charge is -2.38. The smallest absolute Gasteiger partial charge is 0.493 e. The lowest BCUT2D eigenvalue weighted by atomic mass is 9.99. The van der Waals surface area contributed by atoms with Gasteiger partial charge in [0.05, 0.1) is 26.0 Å². The van der Waals surface area contributed by atoms with Gasteiger partial charge in [-0.3, -0.25) is 9.47 Å². The van der Waals surface area contributed by atoms with Crippen LogP contribution in [0.2, 0.25) is 0 Å². The average molecular weight is 490 g/mol. The molecule has 0 spiro atoms. The Kier molecular flexibility index (Phi) is 6.37. The molecule has 0 atom stereocenters. The molecule has 0 unspecified atom stereocenters. The van der Waals surface area contributed by atoms with Crippen molar-refractivity contribution in [1.82, 2.24) is 4.68 Å². The second kappa shape index (κ2) is 8.61. The molecular weight excluding hydrogens is 469 g/mol. The number of hydrogen-bond acceptors (Lipinski definition) is 8. The normalized spacial score (nSPS) is 13.4. The molecule has 1 aromatic heterocycles. The lowest BCUT2D eigenvalue weighted by Crippen LogP contribution is -2.44. The number of aromatic nitrogens is 1. The molecule has 13 heteroatoms. The van der Waals surface area contributed by atoms with Gasteiger partial charge in [0.1, 0.15) is 5.56 Å². The van der Waals surface area contributed by atoms with Crippen LogP contribution in [-0.2, 0) is 21.4 Å². The van der Waals surface area contributed by atoms with Gasteiger partial charge >= 0.3 is 21.6 Å². The largest absolute Gasteiger partial charge is 0.534 e. The van der Waals surface area contributed by atoms with Crippen LogP contribution in [0, 0.1) is 0 Å². The van der Waals surface area contributed by atoms with Crippen LogP contribution in [0.15, 0.2) is 29.2 Å². The monoisotopic (exact) mass is 490 g/mol. The third-order valence-corrected chi connectivity index (χ3v) is 5.85. The van der Waals surface area contributed by atoms with E-state index < -0.39 is 32.8 Å². The van der Waals surface area contributed by atoms with E-state index in [0.29, 0.717) is 16.8 Å².